The van der Waals surface area contributed by atoms with Crippen LogP contribution in [0.15, 0.2) is 95.8 Å². The molecule has 0 unspecified atom stereocenters. The minimum Gasteiger partial charge on any atom is -0.492 e. The summed E-state index contributed by atoms with van der Waals surface area (Å²) >= 11 is 0. The Bertz CT molecular complexity index is 1370. The molecule has 4 aromatic rings. The first-order valence-electron chi connectivity index (χ1n) is 11.2. The molecular weight excluding hydrogens is 428 g/mol. The Hall–Kier alpha value is -4.39. The number of aromatic nitrogens is 2. The Kier molecular flexibility index (Phi) is 6.07. The summed E-state index contributed by atoms with van der Waals surface area (Å²) in [6.07, 6.45) is 0.954. The SMILES string of the molecule is O=C(Nc1ccccc1N1CCc2ccccc21)c1ccc(=O)n(CCOc2ccccc2)n1. The quantitative estimate of drug-likeness (QED) is 0.453. The van der Waals surface area contributed by atoms with Crippen LogP contribution in [0.1, 0.15) is 16.1 Å². The van der Waals surface area contributed by atoms with Crippen molar-refractivity contribution in [3.8, 4) is 5.75 Å². The topological polar surface area (TPSA) is 76.5 Å². The number of rotatable bonds is 7. The van der Waals surface area contributed by atoms with Crippen LogP contribution in [0.5, 0.6) is 5.75 Å². The fourth-order valence-corrected chi connectivity index (χ4v) is 4.09. The van der Waals surface area contributed by atoms with E-state index >= 15 is 0 Å². The van der Waals surface area contributed by atoms with E-state index in [0.29, 0.717) is 11.4 Å². The summed E-state index contributed by atoms with van der Waals surface area (Å²) < 4.78 is 6.91. The number of ether oxygens (including phenoxy) is 1. The van der Waals surface area contributed by atoms with Crippen molar-refractivity contribution in [1.82, 2.24) is 9.78 Å². The van der Waals surface area contributed by atoms with Crippen molar-refractivity contribution in [2.75, 3.05) is 23.4 Å². The van der Waals surface area contributed by atoms with E-state index in [1.165, 1.54) is 22.4 Å². The monoisotopic (exact) mass is 452 g/mol. The van der Waals surface area contributed by atoms with Crippen LogP contribution >= 0.6 is 0 Å². The maximum absolute atomic E-state index is 13.0. The highest BCUT2D eigenvalue weighted by Crippen LogP contribution is 2.38. The van der Waals surface area contributed by atoms with Crippen molar-refractivity contribution in [2.45, 2.75) is 13.0 Å². The second-order valence-corrected chi connectivity index (χ2v) is 7.94. The van der Waals surface area contributed by atoms with Crippen LogP contribution in [0.25, 0.3) is 0 Å². The molecule has 0 radical (unpaired) electrons. The molecule has 1 aromatic heterocycles. The number of hydrogen-bond acceptors (Lipinski definition) is 5. The van der Waals surface area contributed by atoms with Gasteiger partial charge in [0.1, 0.15) is 18.1 Å². The predicted octanol–water partition coefficient (Wildman–Crippen LogP) is 4.27. The standard InChI is InChI=1S/C27H24N4O3/c32-26-15-14-23(29-31(26)18-19-34-21-9-2-1-3-10-21)27(33)28-22-11-5-7-13-25(22)30-17-16-20-8-4-6-12-24(20)30/h1-15H,16-19H2,(H,28,33). The minimum absolute atomic E-state index is 0.163. The highest BCUT2D eigenvalue weighted by molar-refractivity contribution is 6.05. The number of fused-ring (bicyclic) bond motifs is 1. The molecule has 0 aliphatic carbocycles. The van der Waals surface area contributed by atoms with E-state index in [0.717, 1.165) is 24.3 Å². The lowest BCUT2D eigenvalue weighted by Gasteiger charge is -2.23. The lowest BCUT2D eigenvalue weighted by atomic mass is 10.1. The molecule has 7 nitrogen and oxygen atoms in total. The number of benzene rings is 3. The van der Waals surface area contributed by atoms with Gasteiger partial charge < -0.3 is 15.0 Å². The molecule has 0 spiro atoms. The molecule has 3 aromatic carbocycles. The minimum atomic E-state index is -0.377. The van der Waals surface area contributed by atoms with Gasteiger partial charge in [-0.2, -0.15) is 5.10 Å². The Morgan fingerprint density at radius 2 is 1.62 bits per heavy atom. The van der Waals surface area contributed by atoms with Crippen molar-refractivity contribution >= 4 is 23.0 Å². The molecule has 7 heteroatoms. The number of carbonyl (C=O) groups excluding carboxylic acids is 1. The zero-order valence-electron chi connectivity index (χ0n) is 18.6. The molecule has 1 N–H and O–H groups in total. The molecule has 0 saturated carbocycles. The molecule has 1 aliphatic heterocycles. The van der Waals surface area contributed by atoms with E-state index in [1.807, 2.05) is 66.7 Å². The summed E-state index contributed by atoms with van der Waals surface area (Å²) in [5, 5.41) is 7.23. The van der Waals surface area contributed by atoms with Crippen molar-refractivity contribution in [2.24, 2.45) is 0 Å². The zero-order chi connectivity index (χ0) is 23.3. The highest BCUT2D eigenvalue weighted by atomic mass is 16.5. The highest BCUT2D eigenvalue weighted by Gasteiger charge is 2.22. The predicted molar refractivity (Wildman–Crippen MR) is 132 cm³/mol. The van der Waals surface area contributed by atoms with Gasteiger partial charge in [0, 0.05) is 18.3 Å². The second-order valence-electron chi connectivity index (χ2n) is 7.94. The van der Waals surface area contributed by atoms with Gasteiger partial charge in [0.15, 0.2) is 0 Å². The average molecular weight is 453 g/mol. The van der Waals surface area contributed by atoms with Gasteiger partial charge in [-0.15, -0.1) is 0 Å². The summed E-state index contributed by atoms with van der Waals surface area (Å²) in [6, 6.07) is 28.1. The summed E-state index contributed by atoms with van der Waals surface area (Å²) in [5.41, 5.74) is 3.92. The molecule has 2 heterocycles. The molecule has 1 aliphatic rings. The number of nitrogens with zero attached hydrogens (tertiary/aromatic N) is 3. The van der Waals surface area contributed by atoms with Crippen molar-refractivity contribution < 1.29 is 9.53 Å². The third kappa shape index (κ3) is 4.54. The summed E-state index contributed by atoms with van der Waals surface area (Å²) in [6.45, 7) is 1.34. The van der Waals surface area contributed by atoms with Gasteiger partial charge in [0.2, 0.25) is 0 Å². The molecule has 0 bridgehead atoms. The molecule has 170 valence electrons. The van der Waals surface area contributed by atoms with Gasteiger partial charge in [-0.3, -0.25) is 9.59 Å². The van der Waals surface area contributed by atoms with Crippen LogP contribution in [0.3, 0.4) is 0 Å². The van der Waals surface area contributed by atoms with Crippen LogP contribution in [0.2, 0.25) is 0 Å². The summed E-state index contributed by atoms with van der Waals surface area (Å²) in [5.74, 6) is 0.335. The zero-order valence-corrected chi connectivity index (χ0v) is 18.6. The third-order valence-electron chi connectivity index (χ3n) is 5.74. The first-order chi connectivity index (χ1) is 16.7. The van der Waals surface area contributed by atoms with Gasteiger partial charge in [-0.05, 0) is 48.4 Å². The summed E-state index contributed by atoms with van der Waals surface area (Å²) in [7, 11) is 0. The fourth-order valence-electron chi connectivity index (χ4n) is 4.09. The van der Waals surface area contributed by atoms with Gasteiger partial charge in [-0.1, -0.05) is 48.5 Å². The number of nitrogens with one attached hydrogen (secondary N) is 1. The van der Waals surface area contributed by atoms with Gasteiger partial charge in [-0.25, -0.2) is 4.68 Å². The number of para-hydroxylation sites is 4. The molecule has 34 heavy (non-hydrogen) atoms. The van der Waals surface area contributed by atoms with Crippen LogP contribution < -0.4 is 20.5 Å². The molecule has 0 atom stereocenters. The number of carbonyl (C=O) groups is 1. The fraction of sp³-hybridized carbons (Fsp3) is 0.148. The van der Waals surface area contributed by atoms with E-state index in [9.17, 15) is 9.59 Å². The maximum atomic E-state index is 13.0. The number of hydrogen-bond donors (Lipinski definition) is 1. The smallest absolute Gasteiger partial charge is 0.276 e. The van der Waals surface area contributed by atoms with Crippen molar-refractivity contribution in [1.29, 1.82) is 0 Å². The van der Waals surface area contributed by atoms with E-state index in [1.54, 1.807) is 0 Å². The van der Waals surface area contributed by atoms with E-state index in [-0.39, 0.29) is 30.3 Å². The molecule has 1 amide bonds. The van der Waals surface area contributed by atoms with Crippen LogP contribution in [-0.4, -0.2) is 28.8 Å². The Labute approximate surface area is 197 Å². The van der Waals surface area contributed by atoms with Gasteiger partial charge in [0.05, 0.1) is 17.9 Å². The van der Waals surface area contributed by atoms with E-state index in [4.69, 9.17) is 4.74 Å². The average Bonchev–Trinajstić information content (AvgIpc) is 3.30. The lowest BCUT2D eigenvalue weighted by Crippen LogP contribution is -2.28. The normalized spacial score (nSPS) is 12.3. The Morgan fingerprint density at radius 1 is 0.882 bits per heavy atom. The number of amides is 1. The van der Waals surface area contributed by atoms with Gasteiger partial charge in [0.25, 0.3) is 11.5 Å². The second kappa shape index (κ2) is 9.62. The molecule has 5 rings (SSSR count). The Balaban J connectivity index is 1.32. The van der Waals surface area contributed by atoms with Crippen LogP contribution in [-0.2, 0) is 13.0 Å². The first-order valence-corrected chi connectivity index (χ1v) is 11.2. The van der Waals surface area contributed by atoms with Crippen LogP contribution in [0, 0.1) is 0 Å². The molecule has 0 fully saturated rings. The molecule has 0 saturated heterocycles. The van der Waals surface area contributed by atoms with E-state index in [2.05, 4.69) is 27.4 Å². The van der Waals surface area contributed by atoms with Crippen molar-refractivity contribution in [3.63, 3.8) is 0 Å². The largest absolute Gasteiger partial charge is 0.492 e. The first kappa shape index (κ1) is 21.5. The summed E-state index contributed by atoms with van der Waals surface area (Å²) in [4.78, 5) is 27.5. The van der Waals surface area contributed by atoms with Crippen molar-refractivity contribution in [3.05, 3.63) is 113 Å². The van der Waals surface area contributed by atoms with E-state index < -0.39 is 0 Å². The molecular formula is C27H24N4O3. The maximum Gasteiger partial charge on any atom is 0.276 e. The number of anilines is 3. The third-order valence-corrected chi connectivity index (χ3v) is 5.74. The lowest BCUT2D eigenvalue weighted by molar-refractivity contribution is 0.101. The Morgan fingerprint density at radius 3 is 2.47 bits per heavy atom. The van der Waals surface area contributed by atoms with Crippen LogP contribution in [0.4, 0.5) is 17.1 Å². The van der Waals surface area contributed by atoms with Gasteiger partial charge >= 0.3 is 0 Å².